The average Bonchev–Trinajstić information content (AvgIpc) is 3.40. The van der Waals surface area contributed by atoms with E-state index < -0.39 is 10.0 Å². The van der Waals surface area contributed by atoms with Gasteiger partial charge in [-0.1, -0.05) is 6.07 Å². The highest BCUT2D eigenvalue weighted by atomic mass is 32.2. The first kappa shape index (κ1) is 21.7. The number of rotatable bonds is 7. The van der Waals surface area contributed by atoms with E-state index in [1.165, 1.54) is 17.5 Å². The number of sulfonamides is 1. The third-order valence-corrected chi connectivity index (χ3v) is 7.57. The first-order valence-corrected chi connectivity index (χ1v) is 12.6. The lowest BCUT2D eigenvalue weighted by Gasteiger charge is -2.27. The van der Waals surface area contributed by atoms with Crippen molar-refractivity contribution in [3.05, 3.63) is 53.4 Å². The molecule has 0 spiro atoms. The number of carbonyl (C=O) groups is 1. The van der Waals surface area contributed by atoms with Crippen molar-refractivity contribution in [2.24, 2.45) is 0 Å². The molecule has 1 aliphatic heterocycles. The molecule has 1 saturated heterocycles. The summed E-state index contributed by atoms with van der Waals surface area (Å²) in [6.07, 6.45) is 7.94. The molecule has 1 N–H and O–H groups in total. The molecule has 10 heteroatoms. The molecule has 1 fully saturated rings. The predicted octanol–water partition coefficient (Wildman–Crippen LogP) is 2.81. The molecule has 0 atom stereocenters. The van der Waals surface area contributed by atoms with Gasteiger partial charge in [-0.15, -0.1) is 11.3 Å². The normalized spacial score (nSPS) is 14.7. The number of carbonyl (C=O) groups excluding carboxylic acids is 1. The van der Waals surface area contributed by atoms with Gasteiger partial charge in [-0.3, -0.25) is 9.78 Å². The second-order valence-electron chi connectivity index (χ2n) is 7.61. The lowest BCUT2D eigenvalue weighted by Crippen LogP contribution is -2.37. The average molecular weight is 460 g/mol. The maximum Gasteiger partial charge on any atom is 0.242 e. The van der Waals surface area contributed by atoms with Crippen LogP contribution >= 0.6 is 11.3 Å². The van der Waals surface area contributed by atoms with Crippen LogP contribution in [0.15, 0.2) is 47.1 Å². The fourth-order valence-corrected chi connectivity index (χ4v) is 5.45. The van der Waals surface area contributed by atoms with E-state index in [-0.39, 0.29) is 23.9 Å². The Hall–Kier alpha value is -2.56. The Labute approximate surface area is 186 Å². The highest BCUT2D eigenvalue weighted by Crippen LogP contribution is 2.28. The van der Waals surface area contributed by atoms with Gasteiger partial charge in [0.05, 0.1) is 5.69 Å². The zero-order valence-corrected chi connectivity index (χ0v) is 19.0. The minimum absolute atomic E-state index is 0.00269. The highest BCUT2D eigenvalue weighted by Gasteiger charge is 2.23. The SMILES string of the molecule is Cc1csc(-c2cc(S(=O)(=O)NCc3cccnc3)cn2CC(=O)N2CCCCC2)n1. The van der Waals surface area contributed by atoms with Crippen molar-refractivity contribution in [3.8, 4) is 10.7 Å². The minimum atomic E-state index is -3.77. The number of nitrogens with one attached hydrogen (secondary N) is 1. The molecule has 4 heterocycles. The number of pyridine rings is 1. The lowest BCUT2D eigenvalue weighted by atomic mass is 10.1. The number of amides is 1. The van der Waals surface area contributed by atoms with Crippen LogP contribution in [-0.4, -0.2) is 46.8 Å². The number of aryl methyl sites for hydroxylation is 1. The Balaban J connectivity index is 1.60. The van der Waals surface area contributed by atoms with Crippen LogP contribution in [0.4, 0.5) is 0 Å². The van der Waals surface area contributed by atoms with Crippen molar-refractivity contribution in [3.63, 3.8) is 0 Å². The molecule has 0 radical (unpaired) electrons. The predicted molar refractivity (Wildman–Crippen MR) is 119 cm³/mol. The second-order valence-corrected chi connectivity index (χ2v) is 10.2. The Morgan fingerprint density at radius 3 is 2.74 bits per heavy atom. The first-order valence-electron chi connectivity index (χ1n) is 10.2. The van der Waals surface area contributed by atoms with E-state index in [1.807, 2.05) is 23.3 Å². The van der Waals surface area contributed by atoms with Crippen molar-refractivity contribution in [1.29, 1.82) is 0 Å². The molecular formula is C21H25N5O3S2. The van der Waals surface area contributed by atoms with Crippen molar-refractivity contribution >= 4 is 27.3 Å². The van der Waals surface area contributed by atoms with Crippen LogP contribution in [0.5, 0.6) is 0 Å². The summed E-state index contributed by atoms with van der Waals surface area (Å²) in [6, 6.07) is 5.16. The first-order chi connectivity index (χ1) is 14.9. The summed E-state index contributed by atoms with van der Waals surface area (Å²) in [5.74, 6) is -0.00269. The van der Waals surface area contributed by atoms with E-state index in [1.54, 1.807) is 29.1 Å². The number of piperidine rings is 1. The highest BCUT2D eigenvalue weighted by molar-refractivity contribution is 7.89. The second kappa shape index (κ2) is 9.29. The van der Waals surface area contributed by atoms with E-state index in [2.05, 4.69) is 14.7 Å². The number of likely N-dealkylation sites (tertiary alicyclic amines) is 1. The molecule has 0 bridgehead atoms. The summed E-state index contributed by atoms with van der Waals surface area (Å²) in [5.41, 5.74) is 2.25. The fourth-order valence-electron chi connectivity index (χ4n) is 3.57. The number of nitrogens with zero attached hydrogens (tertiary/aromatic N) is 4. The van der Waals surface area contributed by atoms with Gasteiger partial charge in [0.15, 0.2) is 0 Å². The van der Waals surface area contributed by atoms with Crippen LogP contribution in [0.25, 0.3) is 10.7 Å². The van der Waals surface area contributed by atoms with E-state index >= 15 is 0 Å². The Morgan fingerprint density at radius 1 is 1.26 bits per heavy atom. The summed E-state index contributed by atoms with van der Waals surface area (Å²) in [4.78, 5) is 23.3. The van der Waals surface area contributed by atoms with E-state index in [0.717, 1.165) is 43.6 Å². The van der Waals surface area contributed by atoms with Crippen LogP contribution < -0.4 is 4.72 Å². The van der Waals surface area contributed by atoms with Crippen molar-refractivity contribution < 1.29 is 13.2 Å². The summed E-state index contributed by atoms with van der Waals surface area (Å²) >= 11 is 1.43. The standard InChI is InChI=1S/C21H25N5O3S2/c1-16-15-30-21(24-16)19-10-18(31(28,29)23-12-17-6-5-7-22-11-17)13-26(19)14-20(27)25-8-3-2-4-9-25/h5-7,10-11,13,15,23H,2-4,8-9,12,14H2,1H3. The molecule has 4 rings (SSSR count). The monoisotopic (exact) mass is 459 g/mol. The summed E-state index contributed by atoms with van der Waals surface area (Å²) in [7, 11) is -3.77. The van der Waals surface area contributed by atoms with Crippen LogP contribution in [0.3, 0.4) is 0 Å². The van der Waals surface area contributed by atoms with Crippen LogP contribution in [0, 0.1) is 6.92 Å². The number of hydrogen-bond acceptors (Lipinski definition) is 6. The largest absolute Gasteiger partial charge is 0.341 e. The van der Waals surface area contributed by atoms with Crippen molar-refractivity contribution in [2.75, 3.05) is 13.1 Å². The third-order valence-electron chi connectivity index (χ3n) is 5.22. The quantitative estimate of drug-likeness (QED) is 0.586. The van der Waals surface area contributed by atoms with Crippen LogP contribution in [0.1, 0.15) is 30.5 Å². The topological polar surface area (TPSA) is 97.2 Å². The summed E-state index contributed by atoms with van der Waals surface area (Å²) in [5, 5.41) is 2.60. The van der Waals surface area contributed by atoms with Crippen LogP contribution in [-0.2, 0) is 27.9 Å². The molecule has 0 unspecified atom stereocenters. The smallest absolute Gasteiger partial charge is 0.242 e. The molecule has 0 saturated carbocycles. The van der Waals surface area contributed by atoms with Crippen molar-refractivity contribution in [1.82, 2.24) is 24.2 Å². The molecule has 164 valence electrons. The number of aromatic nitrogens is 3. The summed E-state index contributed by atoms with van der Waals surface area (Å²) < 4.78 is 30.2. The molecule has 8 nitrogen and oxygen atoms in total. The van der Waals surface area contributed by atoms with Gasteiger partial charge in [0, 0.05) is 49.3 Å². The summed E-state index contributed by atoms with van der Waals surface area (Å²) in [6.45, 7) is 3.62. The van der Waals surface area contributed by atoms with Gasteiger partial charge < -0.3 is 9.47 Å². The Kier molecular flexibility index (Phi) is 6.49. The van der Waals surface area contributed by atoms with E-state index in [9.17, 15) is 13.2 Å². The van der Waals surface area contributed by atoms with Gasteiger partial charge in [-0.05, 0) is 43.9 Å². The molecule has 1 amide bonds. The fraction of sp³-hybridized carbons (Fsp3) is 0.381. The number of hydrogen-bond donors (Lipinski definition) is 1. The molecule has 0 aromatic carbocycles. The molecule has 31 heavy (non-hydrogen) atoms. The molecule has 3 aromatic heterocycles. The van der Waals surface area contributed by atoms with Gasteiger partial charge in [0.1, 0.15) is 16.4 Å². The third kappa shape index (κ3) is 5.20. The maximum absolute atomic E-state index is 12.9. The zero-order chi connectivity index (χ0) is 21.8. The van der Waals surface area contributed by atoms with Crippen molar-refractivity contribution in [2.45, 2.75) is 44.2 Å². The Bertz CT molecular complexity index is 1150. The van der Waals surface area contributed by atoms with E-state index in [0.29, 0.717) is 10.7 Å². The maximum atomic E-state index is 12.9. The minimum Gasteiger partial charge on any atom is -0.341 e. The molecule has 0 aliphatic carbocycles. The van der Waals surface area contributed by atoms with Gasteiger partial charge in [0.2, 0.25) is 15.9 Å². The molecular weight excluding hydrogens is 434 g/mol. The van der Waals surface area contributed by atoms with Gasteiger partial charge in [-0.25, -0.2) is 18.1 Å². The molecule has 3 aromatic rings. The van der Waals surface area contributed by atoms with Gasteiger partial charge in [0.25, 0.3) is 0 Å². The van der Waals surface area contributed by atoms with E-state index in [4.69, 9.17) is 0 Å². The zero-order valence-electron chi connectivity index (χ0n) is 17.3. The van der Waals surface area contributed by atoms with Crippen LogP contribution in [0.2, 0.25) is 0 Å². The molecule has 1 aliphatic rings. The Morgan fingerprint density at radius 2 is 2.06 bits per heavy atom. The lowest BCUT2D eigenvalue weighted by molar-refractivity contribution is -0.132. The number of thiazole rings is 1. The van der Waals surface area contributed by atoms with Gasteiger partial charge >= 0.3 is 0 Å². The van der Waals surface area contributed by atoms with Gasteiger partial charge in [-0.2, -0.15) is 0 Å².